The van der Waals surface area contributed by atoms with Crippen LogP contribution in [-0.2, 0) is 13.0 Å². The molecule has 0 aliphatic carbocycles. The Bertz CT molecular complexity index is 1200. The highest BCUT2D eigenvalue weighted by Gasteiger charge is 2.20. The number of hydrogen-bond donors (Lipinski definition) is 3. The van der Waals surface area contributed by atoms with E-state index < -0.39 is 0 Å². The molecule has 0 spiro atoms. The van der Waals surface area contributed by atoms with Crippen LogP contribution >= 0.6 is 0 Å². The number of aromatic nitrogens is 4. The molecule has 2 aromatic carbocycles. The molecule has 0 saturated carbocycles. The number of H-pyrrole nitrogens is 1. The summed E-state index contributed by atoms with van der Waals surface area (Å²) in [5.74, 6) is 0.280. The summed E-state index contributed by atoms with van der Waals surface area (Å²) in [5.41, 5.74) is 8.44. The zero-order valence-electron chi connectivity index (χ0n) is 14.9. The van der Waals surface area contributed by atoms with Crippen molar-refractivity contribution in [3.05, 3.63) is 76.0 Å². The van der Waals surface area contributed by atoms with Crippen LogP contribution in [0.5, 0.6) is 0 Å². The van der Waals surface area contributed by atoms with E-state index in [0.717, 1.165) is 5.56 Å². The number of nitrogens with one attached hydrogen (secondary N) is 1. The second-order valence-electron chi connectivity index (χ2n) is 6.39. The number of para-hydroxylation sites is 1. The molecule has 0 aliphatic heterocycles. The molecule has 4 aromatic rings. The molecule has 142 valence electrons. The number of aliphatic hydroxyl groups is 1. The van der Waals surface area contributed by atoms with E-state index in [4.69, 9.17) is 5.73 Å². The Kier molecular flexibility index (Phi) is 4.62. The monoisotopic (exact) mass is 379 g/mol. The van der Waals surface area contributed by atoms with Crippen molar-refractivity contribution in [2.45, 2.75) is 13.0 Å². The average Bonchev–Trinajstić information content (AvgIpc) is 2.99. The van der Waals surface area contributed by atoms with Crippen LogP contribution in [-0.4, -0.2) is 31.5 Å². The number of fused-ring (bicyclic) bond motifs is 1. The normalized spacial score (nSPS) is 11.2. The van der Waals surface area contributed by atoms with Gasteiger partial charge in [-0.2, -0.15) is 5.10 Å². The molecule has 0 unspecified atom stereocenters. The standard InChI is InChI=1S/C20H18FN5O2/c21-13-7-5-12(6-8-13)11-16-17(18(22)26(25-16)9-10-27)19-23-15-4-2-1-3-14(15)20(28)24-19/h1-8,27H,9-11,22H2,(H,23,24,28). The van der Waals surface area contributed by atoms with E-state index in [1.54, 1.807) is 36.4 Å². The van der Waals surface area contributed by atoms with E-state index in [9.17, 15) is 14.3 Å². The Labute approximate surface area is 159 Å². The van der Waals surface area contributed by atoms with Crippen molar-refractivity contribution in [3.63, 3.8) is 0 Å². The number of aliphatic hydroxyl groups excluding tert-OH is 1. The van der Waals surface area contributed by atoms with Crippen LogP contribution in [0, 0.1) is 5.82 Å². The fraction of sp³-hybridized carbons (Fsp3) is 0.150. The van der Waals surface area contributed by atoms with Crippen molar-refractivity contribution < 1.29 is 9.50 Å². The summed E-state index contributed by atoms with van der Waals surface area (Å²) in [6, 6.07) is 13.1. The lowest BCUT2D eigenvalue weighted by molar-refractivity contribution is 0.270. The molecule has 4 rings (SSSR count). The van der Waals surface area contributed by atoms with Gasteiger partial charge in [0.25, 0.3) is 5.56 Å². The van der Waals surface area contributed by atoms with E-state index in [1.165, 1.54) is 16.8 Å². The van der Waals surface area contributed by atoms with Gasteiger partial charge in [0.05, 0.1) is 35.3 Å². The van der Waals surface area contributed by atoms with Gasteiger partial charge in [-0.15, -0.1) is 0 Å². The van der Waals surface area contributed by atoms with Crippen LogP contribution in [0.1, 0.15) is 11.3 Å². The third-order valence-corrected chi connectivity index (χ3v) is 4.51. The van der Waals surface area contributed by atoms with Gasteiger partial charge in [0.2, 0.25) is 0 Å². The number of hydrogen-bond acceptors (Lipinski definition) is 5. The molecule has 0 aliphatic rings. The van der Waals surface area contributed by atoms with E-state index >= 15 is 0 Å². The number of benzene rings is 2. The van der Waals surface area contributed by atoms with Crippen molar-refractivity contribution in [3.8, 4) is 11.4 Å². The summed E-state index contributed by atoms with van der Waals surface area (Å²) in [7, 11) is 0. The van der Waals surface area contributed by atoms with Gasteiger partial charge in [-0.3, -0.25) is 4.79 Å². The number of nitrogens with two attached hydrogens (primary N) is 1. The van der Waals surface area contributed by atoms with Gasteiger partial charge >= 0.3 is 0 Å². The molecule has 0 atom stereocenters. The lowest BCUT2D eigenvalue weighted by Gasteiger charge is -2.06. The van der Waals surface area contributed by atoms with Crippen LogP contribution in [0.3, 0.4) is 0 Å². The Morgan fingerprint density at radius 3 is 2.64 bits per heavy atom. The molecule has 2 heterocycles. The van der Waals surface area contributed by atoms with Gasteiger partial charge in [0, 0.05) is 6.42 Å². The van der Waals surface area contributed by atoms with Crippen molar-refractivity contribution in [1.29, 1.82) is 0 Å². The lowest BCUT2D eigenvalue weighted by atomic mass is 10.1. The molecule has 0 amide bonds. The Morgan fingerprint density at radius 1 is 1.14 bits per heavy atom. The first-order valence-corrected chi connectivity index (χ1v) is 8.76. The Morgan fingerprint density at radius 2 is 1.89 bits per heavy atom. The summed E-state index contributed by atoms with van der Waals surface area (Å²) in [6.07, 6.45) is 0.370. The SMILES string of the molecule is Nc1c(-c2nc3ccccc3c(=O)[nH]2)c(Cc2ccc(F)cc2)nn1CCO. The number of aromatic amines is 1. The number of nitrogen functional groups attached to an aromatic ring is 1. The first-order chi connectivity index (χ1) is 13.6. The maximum atomic E-state index is 13.2. The van der Waals surface area contributed by atoms with Crippen molar-refractivity contribution >= 4 is 16.7 Å². The minimum absolute atomic E-state index is 0.136. The minimum atomic E-state index is -0.324. The number of anilines is 1. The predicted molar refractivity (Wildman–Crippen MR) is 104 cm³/mol. The van der Waals surface area contributed by atoms with Crippen molar-refractivity contribution in [2.24, 2.45) is 0 Å². The van der Waals surface area contributed by atoms with Crippen LogP contribution in [0.15, 0.2) is 53.3 Å². The van der Waals surface area contributed by atoms with Crippen molar-refractivity contribution in [2.75, 3.05) is 12.3 Å². The van der Waals surface area contributed by atoms with E-state index in [2.05, 4.69) is 15.1 Å². The van der Waals surface area contributed by atoms with E-state index in [0.29, 0.717) is 40.2 Å². The molecule has 0 bridgehead atoms. The molecule has 4 N–H and O–H groups in total. The smallest absolute Gasteiger partial charge is 0.259 e. The average molecular weight is 379 g/mol. The fourth-order valence-electron chi connectivity index (χ4n) is 3.17. The topological polar surface area (TPSA) is 110 Å². The van der Waals surface area contributed by atoms with Gasteiger partial charge < -0.3 is 15.8 Å². The molecular formula is C20H18FN5O2. The minimum Gasteiger partial charge on any atom is -0.394 e. The van der Waals surface area contributed by atoms with Crippen LogP contribution in [0.25, 0.3) is 22.3 Å². The van der Waals surface area contributed by atoms with E-state index in [-0.39, 0.29) is 24.5 Å². The van der Waals surface area contributed by atoms with Gasteiger partial charge in [-0.1, -0.05) is 24.3 Å². The second kappa shape index (κ2) is 7.24. The molecule has 28 heavy (non-hydrogen) atoms. The summed E-state index contributed by atoms with van der Waals surface area (Å²) in [5, 5.41) is 14.2. The second-order valence-corrected chi connectivity index (χ2v) is 6.39. The van der Waals surface area contributed by atoms with Gasteiger partial charge in [-0.05, 0) is 29.8 Å². The van der Waals surface area contributed by atoms with Gasteiger partial charge in [0.15, 0.2) is 0 Å². The zero-order chi connectivity index (χ0) is 19.7. The molecule has 8 heteroatoms. The first-order valence-electron chi connectivity index (χ1n) is 8.76. The largest absolute Gasteiger partial charge is 0.394 e. The third kappa shape index (κ3) is 3.25. The Balaban J connectivity index is 1.87. The van der Waals surface area contributed by atoms with Crippen molar-refractivity contribution in [1.82, 2.24) is 19.7 Å². The summed E-state index contributed by atoms with van der Waals surface area (Å²) >= 11 is 0. The lowest BCUT2D eigenvalue weighted by Crippen LogP contribution is -2.11. The predicted octanol–water partition coefficient (Wildman–Crippen LogP) is 2.09. The molecule has 0 saturated heterocycles. The maximum absolute atomic E-state index is 13.2. The van der Waals surface area contributed by atoms with Crippen LogP contribution < -0.4 is 11.3 Å². The maximum Gasteiger partial charge on any atom is 0.259 e. The molecule has 2 aromatic heterocycles. The quantitative estimate of drug-likeness (QED) is 0.492. The zero-order valence-corrected chi connectivity index (χ0v) is 14.9. The third-order valence-electron chi connectivity index (χ3n) is 4.51. The Hall–Kier alpha value is -3.52. The number of nitrogens with zero attached hydrogens (tertiary/aromatic N) is 3. The molecule has 0 fully saturated rings. The van der Waals surface area contributed by atoms with Crippen LogP contribution in [0.4, 0.5) is 10.2 Å². The fourth-order valence-corrected chi connectivity index (χ4v) is 3.17. The molecule has 7 nitrogen and oxygen atoms in total. The summed E-state index contributed by atoms with van der Waals surface area (Å²) in [4.78, 5) is 19.8. The first kappa shape index (κ1) is 17.9. The highest BCUT2D eigenvalue weighted by Crippen LogP contribution is 2.29. The summed E-state index contributed by atoms with van der Waals surface area (Å²) in [6.45, 7) is 0.0725. The van der Waals surface area contributed by atoms with Crippen LogP contribution in [0.2, 0.25) is 0 Å². The molecule has 0 radical (unpaired) electrons. The number of rotatable bonds is 5. The number of halogens is 1. The van der Waals surface area contributed by atoms with Gasteiger partial charge in [-0.25, -0.2) is 14.1 Å². The van der Waals surface area contributed by atoms with Gasteiger partial charge in [0.1, 0.15) is 17.5 Å². The van der Waals surface area contributed by atoms with E-state index in [1.807, 2.05) is 0 Å². The highest BCUT2D eigenvalue weighted by atomic mass is 19.1. The summed E-state index contributed by atoms with van der Waals surface area (Å²) < 4.78 is 14.7. The highest BCUT2D eigenvalue weighted by molar-refractivity contribution is 5.81. The molecular weight excluding hydrogens is 361 g/mol.